The van der Waals surface area contributed by atoms with Crippen molar-refractivity contribution in [1.29, 1.82) is 0 Å². The molecule has 1 aliphatic carbocycles. The van der Waals surface area contributed by atoms with Crippen LogP contribution in [0, 0.1) is 11.7 Å². The standard InChI is InChI=1S/C26H21ClFN5O3/c27-19-11-21-23(29-12-19)33-13-17(14-33)22(16-2-1-3-20(28)10-16)31-36-32-24(34)15-4-6-18(7-5-15)26(8-9-26)30-25(21)35/h1-7,10-12,17H,8-9,13-14H2,(H,30,35)(H,32,34)/b31-22+. The molecule has 36 heavy (non-hydrogen) atoms. The highest BCUT2D eigenvalue weighted by Gasteiger charge is 2.46. The zero-order valence-electron chi connectivity index (χ0n) is 19.0. The molecule has 6 heterocycles. The summed E-state index contributed by atoms with van der Waals surface area (Å²) in [5, 5.41) is 7.67. The van der Waals surface area contributed by atoms with Crippen LogP contribution in [0.1, 0.15) is 44.7 Å². The third-order valence-corrected chi connectivity index (χ3v) is 7.06. The summed E-state index contributed by atoms with van der Waals surface area (Å²) in [6.45, 7) is 0.926. The second-order valence-electron chi connectivity index (χ2n) is 9.25. The molecule has 10 heteroatoms. The van der Waals surface area contributed by atoms with Crippen molar-refractivity contribution in [2.75, 3.05) is 18.0 Å². The molecule has 2 fully saturated rings. The first-order valence-electron chi connectivity index (χ1n) is 11.6. The quantitative estimate of drug-likeness (QED) is 0.524. The first-order valence-corrected chi connectivity index (χ1v) is 11.9. The number of benzene rings is 2. The van der Waals surface area contributed by atoms with Gasteiger partial charge in [0, 0.05) is 36.3 Å². The van der Waals surface area contributed by atoms with Crippen molar-refractivity contribution < 1.29 is 18.9 Å². The summed E-state index contributed by atoms with van der Waals surface area (Å²) in [5.74, 6) is -0.790. The molecule has 1 spiro atoms. The molecule has 1 saturated carbocycles. The number of carbonyl (C=O) groups excluding carboxylic acids is 2. The van der Waals surface area contributed by atoms with Crippen LogP contribution >= 0.6 is 11.6 Å². The van der Waals surface area contributed by atoms with Crippen LogP contribution in [-0.4, -0.2) is 35.6 Å². The summed E-state index contributed by atoms with van der Waals surface area (Å²) in [4.78, 5) is 37.6. The molecule has 1 saturated heterocycles. The number of nitrogens with one attached hydrogen (secondary N) is 2. The van der Waals surface area contributed by atoms with E-state index in [1.165, 1.54) is 18.3 Å². The van der Waals surface area contributed by atoms with Gasteiger partial charge in [-0.25, -0.2) is 9.37 Å². The fourth-order valence-corrected chi connectivity index (χ4v) is 4.85. The molecule has 6 aliphatic rings. The minimum Gasteiger partial charge on any atom is -0.354 e. The number of hydrogen-bond acceptors (Lipinski definition) is 6. The van der Waals surface area contributed by atoms with Gasteiger partial charge in [0.05, 0.1) is 21.8 Å². The van der Waals surface area contributed by atoms with Crippen LogP contribution in [0.4, 0.5) is 10.2 Å². The molecule has 182 valence electrons. The van der Waals surface area contributed by atoms with Gasteiger partial charge in [-0.15, -0.1) is 0 Å². The third kappa shape index (κ3) is 4.05. The topological polar surface area (TPSA) is 95.9 Å². The number of aromatic nitrogens is 1. The van der Waals surface area contributed by atoms with Gasteiger partial charge in [-0.05, 0) is 48.7 Å². The van der Waals surface area contributed by atoms with Crippen molar-refractivity contribution >= 4 is 34.9 Å². The van der Waals surface area contributed by atoms with Gasteiger partial charge < -0.3 is 10.2 Å². The van der Waals surface area contributed by atoms with Gasteiger partial charge in [0.15, 0.2) is 0 Å². The van der Waals surface area contributed by atoms with E-state index in [0.29, 0.717) is 46.3 Å². The van der Waals surface area contributed by atoms with Gasteiger partial charge in [-0.1, -0.05) is 41.0 Å². The Kier molecular flexibility index (Phi) is 5.37. The molecule has 0 radical (unpaired) electrons. The van der Waals surface area contributed by atoms with Gasteiger partial charge in [0.1, 0.15) is 11.6 Å². The third-order valence-electron chi connectivity index (χ3n) is 6.85. The van der Waals surface area contributed by atoms with Crippen LogP contribution in [0.2, 0.25) is 5.02 Å². The SMILES string of the molecule is O=C1NO/N=C(\c2cccc(F)c2)C2CN(C2)c2ncc(Cl)cc2C(=O)NC2(CC2)c2ccc1cc2. The average molecular weight is 506 g/mol. The molecule has 2 aromatic carbocycles. The van der Waals surface area contributed by atoms with Crippen LogP contribution < -0.4 is 15.7 Å². The molecule has 2 amide bonds. The number of hydrogen-bond donors (Lipinski definition) is 2. The van der Waals surface area contributed by atoms with E-state index in [4.69, 9.17) is 16.5 Å². The van der Waals surface area contributed by atoms with Crippen LogP contribution in [0.5, 0.6) is 0 Å². The van der Waals surface area contributed by atoms with Crippen molar-refractivity contribution in [2.45, 2.75) is 18.4 Å². The average Bonchev–Trinajstić information content (AvgIpc) is 3.62. The number of rotatable bonds is 1. The van der Waals surface area contributed by atoms with E-state index in [9.17, 15) is 14.0 Å². The second-order valence-corrected chi connectivity index (χ2v) is 9.69. The molecule has 5 aliphatic heterocycles. The van der Waals surface area contributed by atoms with Crippen LogP contribution in [0.15, 0.2) is 65.9 Å². The maximum Gasteiger partial charge on any atom is 0.285 e. The minimum absolute atomic E-state index is 0.151. The van der Waals surface area contributed by atoms with Gasteiger partial charge in [-0.3, -0.25) is 14.5 Å². The van der Waals surface area contributed by atoms with Crippen molar-refractivity contribution in [3.63, 3.8) is 0 Å². The summed E-state index contributed by atoms with van der Waals surface area (Å²) in [7, 11) is 0. The number of anilines is 1. The first-order chi connectivity index (χ1) is 17.4. The molecule has 4 bridgehead atoms. The zero-order chi connectivity index (χ0) is 24.9. The van der Waals surface area contributed by atoms with Crippen LogP contribution in [0.3, 0.4) is 0 Å². The number of carbonyl (C=O) groups is 2. The molecule has 9 rings (SSSR count). The fourth-order valence-electron chi connectivity index (χ4n) is 4.69. The lowest BCUT2D eigenvalue weighted by Crippen LogP contribution is -2.52. The highest BCUT2D eigenvalue weighted by Crippen LogP contribution is 2.46. The van der Waals surface area contributed by atoms with Crippen molar-refractivity contribution in [3.05, 3.63) is 93.9 Å². The summed E-state index contributed by atoms with van der Waals surface area (Å²) in [5.41, 5.74) is 4.52. The fraction of sp³-hybridized carbons (Fsp3) is 0.231. The van der Waals surface area contributed by atoms with E-state index in [-0.39, 0.29) is 11.8 Å². The Bertz CT molecular complexity index is 1400. The van der Waals surface area contributed by atoms with Gasteiger partial charge >= 0.3 is 0 Å². The van der Waals surface area contributed by atoms with E-state index in [0.717, 1.165) is 18.4 Å². The van der Waals surface area contributed by atoms with Crippen molar-refractivity contribution in [3.8, 4) is 0 Å². The largest absolute Gasteiger partial charge is 0.354 e. The highest BCUT2D eigenvalue weighted by atomic mass is 35.5. The lowest BCUT2D eigenvalue weighted by molar-refractivity contribution is 0.0335. The van der Waals surface area contributed by atoms with E-state index in [2.05, 4.69) is 20.9 Å². The lowest BCUT2D eigenvalue weighted by Gasteiger charge is -2.41. The monoisotopic (exact) mass is 505 g/mol. The maximum absolute atomic E-state index is 14.0. The van der Waals surface area contributed by atoms with E-state index < -0.39 is 17.3 Å². The van der Waals surface area contributed by atoms with Crippen LogP contribution in [0.25, 0.3) is 0 Å². The number of hydroxylamine groups is 1. The molecule has 0 unspecified atom stereocenters. The Morgan fingerprint density at radius 1 is 1.03 bits per heavy atom. The van der Waals surface area contributed by atoms with E-state index >= 15 is 0 Å². The molecule has 2 N–H and O–H groups in total. The Labute approximate surface area is 211 Å². The number of amides is 2. The van der Waals surface area contributed by atoms with Gasteiger partial charge in [-0.2, -0.15) is 5.48 Å². The zero-order valence-corrected chi connectivity index (χ0v) is 19.8. The molecule has 1 aromatic heterocycles. The first kappa shape index (κ1) is 22.5. The Morgan fingerprint density at radius 3 is 2.53 bits per heavy atom. The van der Waals surface area contributed by atoms with Gasteiger partial charge in [0.25, 0.3) is 11.8 Å². The lowest BCUT2D eigenvalue weighted by atomic mass is 9.89. The number of pyridine rings is 1. The molecular weight excluding hydrogens is 485 g/mol. The Balaban J connectivity index is 1.40. The molecule has 0 atom stereocenters. The van der Waals surface area contributed by atoms with E-state index in [1.54, 1.807) is 30.3 Å². The second kappa shape index (κ2) is 8.60. The molecular formula is C26H21ClFN5O3. The van der Waals surface area contributed by atoms with Crippen LogP contribution in [-0.2, 0) is 10.5 Å². The smallest absolute Gasteiger partial charge is 0.285 e. The Hall–Kier alpha value is -3.98. The van der Waals surface area contributed by atoms with Crippen molar-refractivity contribution in [1.82, 2.24) is 15.8 Å². The van der Waals surface area contributed by atoms with Gasteiger partial charge in [0.2, 0.25) is 0 Å². The summed E-state index contributed by atoms with van der Waals surface area (Å²) >= 11 is 6.21. The summed E-state index contributed by atoms with van der Waals surface area (Å²) in [6, 6.07) is 14.6. The highest BCUT2D eigenvalue weighted by molar-refractivity contribution is 6.31. The van der Waals surface area contributed by atoms with Crippen molar-refractivity contribution in [2.24, 2.45) is 11.1 Å². The summed E-state index contributed by atoms with van der Waals surface area (Å²) in [6.07, 6.45) is 3.08. The normalized spacial score (nSPS) is 20.3. The number of nitrogens with zero attached hydrogens (tertiary/aromatic N) is 3. The van der Waals surface area contributed by atoms with E-state index in [1.807, 2.05) is 17.0 Å². The predicted molar refractivity (Wildman–Crippen MR) is 131 cm³/mol. The maximum atomic E-state index is 14.0. The Morgan fingerprint density at radius 2 is 1.81 bits per heavy atom. The number of oxime groups is 1. The predicted octanol–water partition coefficient (Wildman–Crippen LogP) is 3.81. The summed E-state index contributed by atoms with van der Waals surface area (Å²) < 4.78 is 14.0. The molecule has 3 aromatic rings. The number of halogens is 2. The molecule has 8 nitrogen and oxygen atoms in total. The minimum atomic E-state index is -0.499.